The van der Waals surface area contributed by atoms with E-state index < -0.39 is 5.97 Å². The van der Waals surface area contributed by atoms with Crippen molar-refractivity contribution in [2.75, 3.05) is 6.61 Å². The molecule has 0 radical (unpaired) electrons. The molecule has 1 aromatic heterocycles. The Hall–Kier alpha value is -2.21. The van der Waals surface area contributed by atoms with E-state index in [0.717, 1.165) is 18.4 Å². The van der Waals surface area contributed by atoms with E-state index in [1.165, 1.54) is 57.8 Å². The molecule has 0 amide bonds. The largest absolute Gasteiger partial charge is 0.461 e. The average Bonchev–Trinajstić information content (AvgIpc) is 3.02. The molecule has 3 aliphatic rings. The van der Waals surface area contributed by atoms with Crippen LogP contribution < -0.4 is 5.56 Å². The number of benzene rings is 1. The fourth-order valence-electron chi connectivity index (χ4n) is 6.57. The topological polar surface area (TPSA) is 64.4 Å². The molecule has 1 aliphatic carbocycles. The third-order valence-electron chi connectivity index (χ3n) is 7.89. The summed E-state index contributed by atoms with van der Waals surface area (Å²) in [4.78, 5) is 33.2. The summed E-state index contributed by atoms with van der Waals surface area (Å²) in [7, 11) is 0. The maximum absolute atomic E-state index is 13.5. The van der Waals surface area contributed by atoms with Crippen LogP contribution in [0.2, 0.25) is 0 Å². The molecule has 0 N–H and O–H groups in total. The molecule has 6 nitrogen and oxygen atoms in total. The third-order valence-corrected chi connectivity index (χ3v) is 7.89. The fourth-order valence-corrected chi connectivity index (χ4v) is 6.57. The van der Waals surface area contributed by atoms with Gasteiger partial charge in [-0.3, -0.25) is 9.69 Å². The molecule has 2 aliphatic heterocycles. The van der Waals surface area contributed by atoms with Crippen molar-refractivity contribution in [3.63, 3.8) is 0 Å². The number of esters is 1. The van der Waals surface area contributed by atoms with Gasteiger partial charge in [0.05, 0.1) is 17.6 Å². The minimum absolute atomic E-state index is 0.0830. The second kappa shape index (κ2) is 9.34. The third kappa shape index (κ3) is 3.98. The van der Waals surface area contributed by atoms with Crippen molar-refractivity contribution in [2.45, 2.75) is 102 Å². The minimum atomic E-state index is -0.619. The Bertz CT molecular complexity index is 1010. The van der Waals surface area contributed by atoms with Crippen molar-refractivity contribution in [3.8, 4) is 0 Å². The molecule has 1 saturated carbocycles. The molecule has 5 rings (SSSR count). The quantitative estimate of drug-likeness (QED) is 0.640. The standard InChI is InChI=1S/C26H35N3O3/c1-2-32-26(31)24-25(30)29(23-13-9-8-12-22(23)27-24)21-16-19-14-15-20(17-21)28(19)18-10-6-4-3-5-7-11-18/h8-9,12-13,18-21H,2-7,10-11,14-17H2,1H3/t19-,20+,21?. The highest BCUT2D eigenvalue weighted by molar-refractivity contribution is 5.89. The summed E-state index contributed by atoms with van der Waals surface area (Å²) in [6.07, 6.45) is 13.9. The number of carbonyl (C=O) groups excluding carboxylic acids is 1. The predicted molar refractivity (Wildman–Crippen MR) is 125 cm³/mol. The van der Waals surface area contributed by atoms with Crippen molar-refractivity contribution in [1.82, 2.24) is 14.5 Å². The summed E-state index contributed by atoms with van der Waals surface area (Å²) in [6.45, 7) is 1.98. The number of piperidine rings is 1. The van der Waals surface area contributed by atoms with Gasteiger partial charge < -0.3 is 9.30 Å². The molecule has 1 unspecified atom stereocenters. The van der Waals surface area contributed by atoms with Crippen LogP contribution in [0.1, 0.15) is 94.1 Å². The fraction of sp³-hybridized carbons (Fsp3) is 0.654. The molecule has 3 heterocycles. The summed E-state index contributed by atoms with van der Waals surface area (Å²) < 4.78 is 7.02. The second-order valence-corrected chi connectivity index (χ2v) is 9.80. The number of rotatable bonds is 4. The molecular formula is C26H35N3O3. The molecule has 2 aromatic rings. The first-order chi connectivity index (χ1) is 15.7. The highest BCUT2D eigenvalue weighted by Gasteiger charge is 2.44. The van der Waals surface area contributed by atoms with E-state index in [-0.39, 0.29) is 23.9 Å². The first kappa shape index (κ1) is 21.6. The summed E-state index contributed by atoms with van der Waals surface area (Å²) in [6, 6.07) is 9.57. The summed E-state index contributed by atoms with van der Waals surface area (Å²) in [5.41, 5.74) is 1.13. The number of hydrogen-bond acceptors (Lipinski definition) is 5. The van der Waals surface area contributed by atoms with E-state index in [9.17, 15) is 9.59 Å². The lowest BCUT2D eigenvalue weighted by atomic mass is 9.89. The van der Waals surface area contributed by atoms with Gasteiger partial charge in [-0.1, -0.05) is 44.2 Å². The number of aromatic nitrogens is 2. The van der Waals surface area contributed by atoms with Gasteiger partial charge in [0.1, 0.15) is 0 Å². The lowest BCUT2D eigenvalue weighted by molar-refractivity contribution is 0.0483. The molecule has 172 valence electrons. The van der Waals surface area contributed by atoms with Crippen LogP contribution in [0.4, 0.5) is 0 Å². The Morgan fingerprint density at radius 3 is 2.28 bits per heavy atom. The van der Waals surface area contributed by atoms with Crippen LogP contribution in [0.25, 0.3) is 11.0 Å². The molecule has 32 heavy (non-hydrogen) atoms. The second-order valence-electron chi connectivity index (χ2n) is 9.80. The Morgan fingerprint density at radius 1 is 0.938 bits per heavy atom. The van der Waals surface area contributed by atoms with Crippen LogP contribution in [-0.4, -0.2) is 45.2 Å². The van der Waals surface area contributed by atoms with Gasteiger partial charge in [0, 0.05) is 24.2 Å². The zero-order valence-corrected chi connectivity index (χ0v) is 19.2. The van der Waals surface area contributed by atoms with Gasteiger partial charge in [0.2, 0.25) is 5.69 Å². The molecule has 1 aromatic carbocycles. The zero-order chi connectivity index (χ0) is 22.1. The smallest absolute Gasteiger partial charge is 0.362 e. The number of hydrogen-bond donors (Lipinski definition) is 0. The first-order valence-electron chi connectivity index (χ1n) is 12.6. The van der Waals surface area contributed by atoms with Crippen LogP contribution in [0.3, 0.4) is 0 Å². The van der Waals surface area contributed by atoms with Crippen molar-refractivity contribution >= 4 is 17.0 Å². The van der Waals surface area contributed by atoms with Crippen molar-refractivity contribution in [2.24, 2.45) is 0 Å². The molecule has 6 heteroatoms. The maximum Gasteiger partial charge on any atom is 0.362 e. The Balaban J connectivity index is 1.47. The molecule has 2 saturated heterocycles. The number of nitrogens with zero attached hydrogens (tertiary/aromatic N) is 3. The summed E-state index contributed by atoms with van der Waals surface area (Å²) >= 11 is 0. The molecule has 3 atom stereocenters. The van der Waals surface area contributed by atoms with Crippen LogP contribution in [0.5, 0.6) is 0 Å². The van der Waals surface area contributed by atoms with Crippen LogP contribution >= 0.6 is 0 Å². The van der Waals surface area contributed by atoms with E-state index in [1.807, 2.05) is 28.8 Å². The van der Waals surface area contributed by atoms with Gasteiger partial charge in [-0.05, 0) is 57.6 Å². The first-order valence-corrected chi connectivity index (χ1v) is 12.6. The number of para-hydroxylation sites is 2. The molecule has 2 bridgehead atoms. The van der Waals surface area contributed by atoms with Crippen molar-refractivity contribution in [1.29, 1.82) is 0 Å². The van der Waals surface area contributed by atoms with Gasteiger partial charge in [-0.25, -0.2) is 9.78 Å². The number of ether oxygens (including phenoxy) is 1. The number of fused-ring (bicyclic) bond motifs is 3. The lowest BCUT2D eigenvalue weighted by Crippen LogP contribution is -2.50. The van der Waals surface area contributed by atoms with E-state index in [1.54, 1.807) is 6.92 Å². The highest BCUT2D eigenvalue weighted by atomic mass is 16.5. The van der Waals surface area contributed by atoms with Crippen LogP contribution in [0, 0.1) is 0 Å². The normalized spacial score (nSPS) is 27.2. The van der Waals surface area contributed by atoms with Gasteiger partial charge >= 0.3 is 5.97 Å². The molecule has 0 spiro atoms. The van der Waals surface area contributed by atoms with E-state index in [4.69, 9.17) is 4.74 Å². The van der Waals surface area contributed by atoms with Gasteiger partial charge in [-0.15, -0.1) is 0 Å². The minimum Gasteiger partial charge on any atom is -0.461 e. The van der Waals surface area contributed by atoms with Gasteiger partial charge in [-0.2, -0.15) is 0 Å². The van der Waals surface area contributed by atoms with Gasteiger partial charge in [0.15, 0.2) is 0 Å². The lowest BCUT2D eigenvalue weighted by Gasteiger charge is -2.45. The zero-order valence-electron chi connectivity index (χ0n) is 19.2. The monoisotopic (exact) mass is 437 g/mol. The van der Waals surface area contributed by atoms with Gasteiger partial charge in [0.25, 0.3) is 5.56 Å². The number of carbonyl (C=O) groups is 1. The highest BCUT2D eigenvalue weighted by Crippen LogP contribution is 2.44. The van der Waals surface area contributed by atoms with Crippen molar-refractivity contribution in [3.05, 3.63) is 40.3 Å². The van der Waals surface area contributed by atoms with Crippen LogP contribution in [-0.2, 0) is 4.74 Å². The average molecular weight is 438 g/mol. The predicted octanol–water partition coefficient (Wildman–Crippen LogP) is 4.85. The van der Waals surface area contributed by atoms with Crippen molar-refractivity contribution < 1.29 is 9.53 Å². The summed E-state index contributed by atoms with van der Waals surface area (Å²) in [5, 5.41) is 0. The summed E-state index contributed by atoms with van der Waals surface area (Å²) in [5.74, 6) is -0.619. The molecular weight excluding hydrogens is 402 g/mol. The van der Waals surface area contributed by atoms with Crippen LogP contribution in [0.15, 0.2) is 29.1 Å². The van der Waals surface area contributed by atoms with E-state index in [2.05, 4.69) is 9.88 Å². The Morgan fingerprint density at radius 2 is 1.59 bits per heavy atom. The SMILES string of the molecule is CCOC(=O)c1nc2ccccc2n(C2C[C@H]3CC[C@@H](C2)N3C2CCCCCCC2)c1=O. The van der Waals surface area contributed by atoms with E-state index >= 15 is 0 Å². The Kier molecular flexibility index (Phi) is 6.31. The van der Waals surface area contributed by atoms with E-state index in [0.29, 0.717) is 23.6 Å². The maximum atomic E-state index is 13.5. The Labute approximate surface area is 190 Å². The molecule has 3 fully saturated rings.